The molecule has 0 aliphatic carbocycles. The van der Waals surface area contributed by atoms with E-state index in [0.29, 0.717) is 28.1 Å². The van der Waals surface area contributed by atoms with Crippen LogP contribution in [-0.2, 0) is 16.8 Å². The molecule has 2 aromatic heterocycles. The van der Waals surface area contributed by atoms with Gasteiger partial charge in [0.1, 0.15) is 17.3 Å². The van der Waals surface area contributed by atoms with Crippen molar-refractivity contribution in [1.29, 1.82) is 0 Å². The molecule has 2 aromatic carbocycles. The lowest BCUT2D eigenvalue weighted by Gasteiger charge is -2.18. The second-order valence-electron chi connectivity index (χ2n) is 9.29. The van der Waals surface area contributed by atoms with E-state index in [1.807, 2.05) is 33.8 Å². The summed E-state index contributed by atoms with van der Waals surface area (Å²) >= 11 is 0. The molecule has 3 N–H and O–H groups in total. The number of hydrogen-bond donors (Lipinski definition) is 2. The minimum Gasteiger partial charge on any atom is -0.456 e. The molecule has 2 amide bonds. The Kier molecular flexibility index (Phi) is 6.26. The second-order valence-corrected chi connectivity index (χ2v) is 9.29. The van der Waals surface area contributed by atoms with Gasteiger partial charge in [0.2, 0.25) is 5.91 Å². The van der Waals surface area contributed by atoms with Crippen LogP contribution in [0.2, 0.25) is 0 Å². The fourth-order valence-electron chi connectivity index (χ4n) is 3.62. The van der Waals surface area contributed by atoms with Crippen LogP contribution >= 0.6 is 0 Å². The number of nitrogens with zero attached hydrogens (tertiary/aromatic N) is 3. The molecular formula is C26H26FN5O3. The summed E-state index contributed by atoms with van der Waals surface area (Å²) in [6.07, 6.45) is 5.10. The van der Waals surface area contributed by atoms with Gasteiger partial charge < -0.3 is 15.8 Å². The average molecular weight is 476 g/mol. The Morgan fingerprint density at radius 1 is 1.14 bits per heavy atom. The van der Waals surface area contributed by atoms with E-state index in [1.165, 1.54) is 12.3 Å². The number of fused-ring (bicyclic) bond motifs is 1. The predicted octanol–water partition coefficient (Wildman–Crippen LogP) is 4.71. The Balaban J connectivity index is 1.50. The van der Waals surface area contributed by atoms with Gasteiger partial charge in [-0.05, 0) is 57.0 Å². The molecule has 0 saturated heterocycles. The van der Waals surface area contributed by atoms with E-state index in [4.69, 9.17) is 10.5 Å². The molecule has 0 bridgehead atoms. The second kappa shape index (κ2) is 9.17. The van der Waals surface area contributed by atoms with Crippen molar-refractivity contribution >= 4 is 28.4 Å². The molecule has 4 rings (SSSR count). The van der Waals surface area contributed by atoms with Gasteiger partial charge in [-0.1, -0.05) is 12.1 Å². The lowest BCUT2D eigenvalue weighted by atomic mass is 10.1. The summed E-state index contributed by atoms with van der Waals surface area (Å²) in [7, 11) is 0. The first-order valence-electron chi connectivity index (χ1n) is 11.0. The smallest absolute Gasteiger partial charge is 0.251 e. The normalized spacial score (nSPS) is 11.5. The van der Waals surface area contributed by atoms with E-state index in [0.717, 1.165) is 17.2 Å². The number of hydrogen-bond acceptors (Lipinski definition) is 5. The van der Waals surface area contributed by atoms with Crippen molar-refractivity contribution in [2.24, 2.45) is 5.73 Å². The van der Waals surface area contributed by atoms with Gasteiger partial charge in [-0.25, -0.2) is 4.39 Å². The third-order valence-corrected chi connectivity index (χ3v) is 5.43. The number of benzene rings is 2. The average Bonchev–Trinajstić information content (AvgIpc) is 3.24. The van der Waals surface area contributed by atoms with Crippen LogP contribution in [0, 0.1) is 12.7 Å². The van der Waals surface area contributed by atoms with E-state index in [1.54, 1.807) is 35.3 Å². The zero-order chi connectivity index (χ0) is 25.3. The van der Waals surface area contributed by atoms with Crippen molar-refractivity contribution in [3.8, 4) is 11.5 Å². The summed E-state index contributed by atoms with van der Waals surface area (Å²) in [6, 6.07) is 9.56. The quantitative estimate of drug-likeness (QED) is 0.420. The Morgan fingerprint density at radius 3 is 2.57 bits per heavy atom. The number of carbonyl (C=O) groups excluding carboxylic acids is 2. The van der Waals surface area contributed by atoms with Gasteiger partial charge >= 0.3 is 0 Å². The minimum atomic E-state index is -0.872. The Bertz CT molecular complexity index is 1440. The molecule has 9 heteroatoms. The van der Waals surface area contributed by atoms with Gasteiger partial charge in [0.15, 0.2) is 0 Å². The van der Waals surface area contributed by atoms with Crippen LogP contribution in [0.5, 0.6) is 11.5 Å². The summed E-state index contributed by atoms with van der Waals surface area (Å²) in [4.78, 5) is 28.2. The number of anilines is 1. The molecule has 0 aliphatic heterocycles. The number of nitrogens with two attached hydrogens (primary N) is 1. The van der Waals surface area contributed by atoms with Crippen molar-refractivity contribution in [2.45, 2.75) is 39.7 Å². The summed E-state index contributed by atoms with van der Waals surface area (Å²) < 4.78 is 22.0. The highest BCUT2D eigenvalue weighted by atomic mass is 19.1. The van der Waals surface area contributed by atoms with E-state index in [-0.39, 0.29) is 23.4 Å². The topological polar surface area (TPSA) is 112 Å². The number of halogens is 1. The van der Waals surface area contributed by atoms with Crippen LogP contribution in [0.1, 0.15) is 42.3 Å². The SMILES string of the molecule is Cc1cc(CC(=O)Nc2cnn(C(C)(C)C)c2)ccc1Oc1ccnc2cc(F)c(C(N)=O)cc12. The number of ether oxygens (including phenoxy) is 1. The summed E-state index contributed by atoms with van der Waals surface area (Å²) in [5.41, 5.74) is 7.46. The fourth-order valence-corrected chi connectivity index (χ4v) is 3.62. The van der Waals surface area contributed by atoms with Gasteiger partial charge in [0.05, 0.1) is 34.9 Å². The maximum absolute atomic E-state index is 14.1. The third kappa shape index (κ3) is 5.29. The van der Waals surface area contributed by atoms with Crippen LogP contribution in [0.25, 0.3) is 10.9 Å². The van der Waals surface area contributed by atoms with Crippen LogP contribution in [0.3, 0.4) is 0 Å². The number of aryl methyl sites for hydroxylation is 1. The number of pyridine rings is 1. The first-order chi connectivity index (χ1) is 16.5. The van der Waals surface area contributed by atoms with E-state index >= 15 is 0 Å². The molecule has 0 atom stereocenters. The van der Waals surface area contributed by atoms with Gasteiger partial charge in [-0.3, -0.25) is 19.3 Å². The molecule has 4 aromatic rings. The first-order valence-corrected chi connectivity index (χ1v) is 11.0. The summed E-state index contributed by atoms with van der Waals surface area (Å²) in [5, 5.41) is 7.62. The molecular weight excluding hydrogens is 449 g/mol. The van der Waals surface area contributed by atoms with Gasteiger partial charge in [0, 0.05) is 23.8 Å². The number of nitrogens with one attached hydrogen (secondary N) is 1. The predicted molar refractivity (Wildman–Crippen MR) is 131 cm³/mol. The zero-order valence-corrected chi connectivity index (χ0v) is 19.9. The molecule has 0 radical (unpaired) electrons. The third-order valence-electron chi connectivity index (χ3n) is 5.43. The molecule has 0 saturated carbocycles. The molecule has 8 nitrogen and oxygen atoms in total. The van der Waals surface area contributed by atoms with Crippen LogP contribution in [0.4, 0.5) is 10.1 Å². The number of carbonyl (C=O) groups is 2. The Hall–Kier alpha value is -4.27. The highest BCUT2D eigenvalue weighted by Crippen LogP contribution is 2.32. The van der Waals surface area contributed by atoms with Crippen molar-refractivity contribution < 1.29 is 18.7 Å². The van der Waals surface area contributed by atoms with E-state index < -0.39 is 11.7 Å². The molecule has 0 spiro atoms. The van der Waals surface area contributed by atoms with E-state index in [9.17, 15) is 14.0 Å². The number of aromatic nitrogens is 3. The van der Waals surface area contributed by atoms with Crippen molar-refractivity contribution in [3.05, 3.63) is 77.5 Å². The molecule has 0 fully saturated rings. The monoisotopic (exact) mass is 475 g/mol. The molecule has 35 heavy (non-hydrogen) atoms. The van der Waals surface area contributed by atoms with Crippen LogP contribution < -0.4 is 15.8 Å². The van der Waals surface area contributed by atoms with Crippen molar-refractivity contribution in [3.63, 3.8) is 0 Å². The highest BCUT2D eigenvalue weighted by Gasteiger charge is 2.16. The van der Waals surface area contributed by atoms with Crippen LogP contribution in [0.15, 0.2) is 55.0 Å². The van der Waals surface area contributed by atoms with Gasteiger partial charge in [-0.15, -0.1) is 0 Å². The summed E-state index contributed by atoms with van der Waals surface area (Å²) in [5.74, 6) is -0.810. The molecule has 2 heterocycles. The standard InChI is InChI=1S/C26H26FN5O3/c1-15-9-16(10-24(33)31-17-13-30-32(14-17)26(2,3)4)5-6-22(15)35-23-7-8-29-21-12-20(27)18(25(28)34)11-19(21)23/h5-9,11-14H,10H2,1-4H3,(H2,28,34)(H,31,33). The molecule has 180 valence electrons. The largest absolute Gasteiger partial charge is 0.456 e. The maximum atomic E-state index is 14.1. The van der Waals surface area contributed by atoms with Crippen LogP contribution in [-0.4, -0.2) is 26.6 Å². The number of amides is 2. The van der Waals surface area contributed by atoms with Crippen molar-refractivity contribution in [2.75, 3.05) is 5.32 Å². The fraction of sp³-hybridized carbons (Fsp3) is 0.231. The lowest BCUT2D eigenvalue weighted by Crippen LogP contribution is -2.22. The number of primary amides is 1. The highest BCUT2D eigenvalue weighted by molar-refractivity contribution is 5.98. The van der Waals surface area contributed by atoms with E-state index in [2.05, 4.69) is 15.4 Å². The summed E-state index contributed by atoms with van der Waals surface area (Å²) in [6.45, 7) is 7.95. The Morgan fingerprint density at radius 2 is 1.91 bits per heavy atom. The maximum Gasteiger partial charge on any atom is 0.251 e. The molecule has 0 unspecified atom stereocenters. The zero-order valence-electron chi connectivity index (χ0n) is 19.9. The molecule has 0 aliphatic rings. The minimum absolute atomic E-state index is 0.160. The first kappa shape index (κ1) is 23.9. The van der Waals surface area contributed by atoms with Gasteiger partial charge in [-0.2, -0.15) is 5.10 Å². The van der Waals surface area contributed by atoms with Crippen molar-refractivity contribution in [1.82, 2.24) is 14.8 Å². The number of rotatable bonds is 6. The Labute approximate surface area is 201 Å². The lowest BCUT2D eigenvalue weighted by molar-refractivity contribution is -0.115. The van der Waals surface area contributed by atoms with Gasteiger partial charge in [0.25, 0.3) is 5.91 Å².